The number of carbonyl (C=O) groups excluding carboxylic acids is 1. The number of benzene rings is 1. The maximum absolute atomic E-state index is 12.3. The second-order valence-electron chi connectivity index (χ2n) is 5.77. The Morgan fingerprint density at radius 1 is 1.07 bits per heavy atom. The van der Waals surface area contributed by atoms with Crippen molar-refractivity contribution in [2.75, 3.05) is 5.75 Å². The predicted octanol–water partition coefficient (Wildman–Crippen LogP) is 4.94. The first-order chi connectivity index (χ1) is 13.6. The molecule has 0 fully saturated rings. The normalized spacial score (nSPS) is 10.9. The standard InChI is InChI=1S/C19H13Cl2N5OS/c20-14-4-3-13(10-15(14)21)26-18(12-5-8-22-9-6-12)24-25-19(26)28-11-17(27)16-2-1-7-23-16/h1-10,23H,11H2. The van der Waals surface area contributed by atoms with E-state index in [9.17, 15) is 4.79 Å². The van der Waals surface area contributed by atoms with Gasteiger partial charge < -0.3 is 4.98 Å². The van der Waals surface area contributed by atoms with Crippen LogP contribution in [0.2, 0.25) is 10.0 Å². The molecule has 0 spiro atoms. The predicted molar refractivity (Wildman–Crippen MR) is 110 cm³/mol. The van der Waals surface area contributed by atoms with Gasteiger partial charge in [-0.15, -0.1) is 10.2 Å². The highest BCUT2D eigenvalue weighted by molar-refractivity contribution is 7.99. The van der Waals surface area contributed by atoms with Crippen molar-refractivity contribution in [2.24, 2.45) is 0 Å². The minimum absolute atomic E-state index is 0.0239. The van der Waals surface area contributed by atoms with E-state index < -0.39 is 0 Å². The van der Waals surface area contributed by atoms with Crippen molar-refractivity contribution < 1.29 is 4.79 Å². The van der Waals surface area contributed by atoms with Gasteiger partial charge in [0, 0.05) is 24.2 Å². The molecule has 140 valence electrons. The Labute approximate surface area is 174 Å². The Balaban J connectivity index is 1.73. The van der Waals surface area contributed by atoms with Crippen molar-refractivity contribution in [3.8, 4) is 17.1 Å². The zero-order chi connectivity index (χ0) is 19.5. The highest BCUT2D eigenvalue weighted by atomic mass is 35.5. The van der Waals surface area contributed by atoms with Crippen molar-refractivity contribution >= 4 is 40.7 Å². The lowest BCUT2D eigenvalue weighted by molar-refractivity contribution is 0.101. The Morgan fingerprint density at radius 2 is 1.89 bits per heavy atom. The van der Waals surface area contributed by atoms with Gasteiger partial charge in [-0.2, -0.15) is 0 Å². The van der Waals surface area contributed by atoms with E-state index in [-0.39, 0.29) is 11.5 Å². The fourth-order valence-electron chi connectivity index (χ4n) is 2.62. The van der Waals surface area contributed by atoms with Crippen molar-refractivity contribution in [1.29, 1.82) is 0 Å². The van der Waals surface area contributed by atoms with E-state index in [4.69, 9.17) is 23.2 Å². The summed E-state index contributed by atoms with van der Waals surface area (Å²) in [5.41, 5.74) is 2.15. The van der Waals surface area contributed by atoms with Crippen LogP contribution in [-0.2, 0) is 0 Å². The Bertz CT molecular complexity index is 1110. The van der Waals surface area contributed by atoms with Crippen molar-refractivity contribution in [3.63, 3.8) is 0 Å². The van der Waals surface area contributed by atoms with Crippen LogP contribution >= 0.6 is 35.0 Å². The summed E-state index contributed by atoms with van der Waals surface area (Å²) in [4.78, 5) is 19.3. The molecular formula is C19H13Cl2N5OS. The summed E-state index contributed by atoms with van der Waals surface area (Å²) in [5.74, 6) is 0.816. The van der Waals surface area contributed by atoms with Gasteiger partial charge in [-0.1, -0.05) is 35.0 Å². The first kappa shape index (κ1) is 18.7. The highest BCUT2D eigenvalue weighted by Crippen LogP contribution is 2.31. The smallest absolute Gasteiger partial charge is 0.196 e. The number of rotatable bonds is 6. The molecule has 0 aliphatic heterocycles. The molecule has 1 aromatic carbocycles. The first-order valence-electron chi connectivity index (χ1n) is 8.24. The second-order valence-corrected chi connectivity index (χ2v) is 7.53. The molecule has 0 aliphatic carbocycles. The number of halogens is 2. The minimum atomic E-state index is -0.0239. The minimum Gasteiger partial charge on any atom is -0.359 e. The molecule has 0 bridgehead atoms. The van der Waals surface area contributed by atoms with Crippen LogP contribution in [0.5, 0.6) is 0 Å². The number of pyridine rings is 1. The Hall–Kier alpha value is -2.61. The van der Waals surface area contributed by atoms with Crippen LogP contribution in [0, 0.1) is 0 Å². The van der Waals surface area contributed by atoms with Crippen LogP contribution in [0.15, 0.2) is 66.2 Å². The highest BCUT2D eigenvalue weighted by Gasteiger charge is 2.18. The zero-order valence-electron chi connectivity index (χ0n) is 14.3. The SMILES string of the molecule is O=C(CSc1nnc(-c2ccncc2)n1-c1ccc(Cl)c(Cl)c1)c1ccc[nH]1. The number of thioether (sulfide) groups is 1. The monoisotopic (exact) mass is 429 g/mol. The summed E-state index contributed by atoms with van der Waals surface area (Å²) >= 11 is 13.6. The lowest BCUT2D eigenvalue weighted by atomic mass is 10.2. The van der Waals surface area contributed by atoms with E-state index >= 15 is 0 Å². The van der Waals surface area contributed by atoms with Gasteiger partial charge in [-0.05, 0) is 42.5 Å². The molecule has 1 N–H and O–H groups in total. The first-order valence-corrected chi connectivity index (χ1v) is 9.98. The number of Topliss-reactive ketones (excluding diaryl/α,β-unsaturated/α-hetero) is 1. The van der Waals surface area contributed by atoms with Gasteiger partial charge in [-0.25, -0.2) is 0 Å². The summed E-state index contributed by atoms with van der Waals surface area (Å²) in [6, 6.07) is 12.5. The largest absolute Gasteiger partial charge is 0.359 e. The number of aromatic nitrogens is 5. The second kappa shape index (κ2) is 8.18. The summed E-state index contributed by atoms with van der Waals surface area (Å²) in [6.07, 6.45) is 5.09. The fraction of sp³-hybridized carbons (Fsp3) is 0.0526. The molecule has 4 rings (SSSR count). The van der Waals surface area contributed by atoms with Crippen LogP contribution < -0.4 is 0 Å². The van der Waals surface area contributed by atoms with Crippen LogP contribution in [0.4, 0.5) is 0 Å². The summed E-state index contributed by atoms with van der Waals surface area (Å²) in [7, 11) is 0. The molecule has 0 radical (unpaired) electrons. The molecule has 0 aliphatic rings. The lowest BCUT2D eigenvalue weighted by Gasteiger charge is -2.11. The molecule has 0 saturated carbocycles. The molecule has 3 heterocycles. The van der Waals surface area contributed by atoms with Gasteiger partial charge in [0.15, 0.2) is 16.8 Å². The third-order valence-electron chi connectivity index (χ3n) is 3.96. The molecule has 0 atom stereocenters. The number of nitrogens with zero attached hydrogens (tertiary/aromatic N) is 4. The van der Waals surface area contributed by atoms with Crippen molar-refractivity contribution in [1.82, 2.24) is 24.7 Å². The molecule has 4 aromatic rings. The van der Waals surface area contributed by atoms with Gasteiger partial charge >= 0.3 is 0 Å². The molecule has 28 heavy (non-hydrogen) atoms. The molecule has 3 aromatic heterocycles. The van der Waals surface area contributed by atoms with Crippen molar-refractivity contribution in [2.45, 2.75) is 5.16 Å². The van der Waals surface area contributed by atoms with Crippen LogP contribution in [0.3, 0.4) is 0 Å². The molecule has 6 nitrogen and oxygen atoms in total. The lowest BCUT2D eigenvalue weighted by Crippen LogP contribution is -2.05. The summed E-state index contributed by atoms with van der Waals surface area (Å²) in [6.45, 7) is 0. The maximum Gasteiger partial charge on any atom is 0.196 e. The van der Waals surface area contributed by atoms with Gasteiger partial charge in [0.05, 0.1) is 27.2 Å². The number of aromatic amines is 1. The Kier molecular flexibility index (Phi) is 5.47. The summed E-state index contributed by atoms with van der Waals surface area (Å²) in [5, 5.41) is 10.1. The van der Waals surface area contributed by atoms with E-state index in [2.05, 4.69) is 20.2 Å². The van der Waals surface area contributed by atoms with Crippen LogP contribution in [0.25, 0.3) is 17.1 Å². The van der Waals surface area contributed by atoms with E-state index in [0.717, 1.165) is 11.3 Å². The summed E-state index contributed by atoms with van der Waals surface area (Å²) < 4.78 is 1.85. The zero-order valence-corrected chi connectivity index (χ0v) is 16.7. The molecule has 0 saturated heterocycles. The maximum atomic E-state index is 12.3. The fourth-order valence-corrected chi connectivity index (χ4v) is 3.75. The number of ketones is 1. The molecular weight excluding hydrogens is 417 g/mol. The van der Waals surface area contributed by atoms with E-state index in [1.54, 1.807) is 42.9 Å². The number of hydrogen-bond donors (Lipinski definition) is 1. The third-order valence-corrected chi connectivity index (χ3v) is 5.63. The quantitative estimate of drug-likeness (QED) is 0.346. The van der Waals surface area contributed by atoms with Crippen LogP contribution in [-0.4, -0.2) is 36.3 Å². The average molecular weight is 430 g/mol. The number of H-pyrrole nitrogens is 1. The average Bonchev–Trinajstić information content (AvgIpc) is 3.39. The number of hydrogen-bond acceptors (Lipinski definition) is 5. The molecule has 0 amide bonds. The topological polar surface area (TPSA) is 76.5 Å². The van der Waals surface area contributed by atoms with E-state index in [1.165, 1.54) is 11.8 Å². The van der Waals surface area contributed by atoms with E-state index in [0.29, 0.717) is 26.7 Å². The Morgan fingerprint density at radius 3 is 2.61 bits per heavy atom. The third kappa shape index (κ3) is 3.82. The number of nitrogens with one attached hydrogen (secondary N) is 1. The van der Waals surface area contributed by atoms with Crippen LogP contribution in [0.1, 0.15) is 10.5 Å². The van der Waals surface area contributed by atoms with Gasteiger partial charge in [0.1, 0.15) is 0 Å². The van der Waals surface area contributed by atoms with Gasteiger partial charge in [0.2, 0.25) is 0 Å². The number of carbonyl (C=O) groups is 1. The molecule has 9 heteroatoms. The van der Waals surface area contributed by atoms with E-state index in [1.807, 2.05) is 22.8 Å². The van der Waals surface area contributed by atoms with Gasteiger partial charge in [0.25, 0.3) is 0 Å². The van der Waals surface area contributed by atoms with Crippen molar-refractivity contribution in [3.05, 3.63) is 76.8 Å². The molecule has 0 unspecified atom stereocenters. The van der Waals surface area contributed by atoms with Gasteiger partial charge in [-0.3, -0.25) is 14.3 Å².